The first-order valence-corrected chi connectivity index (χ1v) is 10.3. The minimum Gasteiger partial charge on any atom is -0.490 e. The van der Waals surface area contributed by atoms with Crippen molar-refractivity contribution in [1.82, 2.24) is 4.90 Å². The fourth-order valence-electron chi connectivity index (χ4n) is 5.13. The van der Waals surface area contributed by atoms with Crippen LogP contribution in [0.4, 0.5) is 13.2 Å². The zero-order valence-corrected chi connectivity index (χ0v) is 16.9. The van der Waals surface area contributed by atoms with Crippen LogP contribution < -0.4 is 4.74 Å². The van der Waals surface area contributed by atoms with Crippen LogP contribution in [-0.4, -0.2) is 40.7 Å². The first kappa shape index (κ1) is 20.5. The molecule has 7 heteroatoms. The van der Waals surface area contributed by atoms with Crippen LogP contribution in [0.3, 0.4) is 0 Å². The van der Waals surface area contributed by atoms with Gasteiger partial charge in [0.2, 0.25) is 5.91 Å². The maximum absolute atomic E-state index is 12.8. The lowest BCUT2D eigenvalue weighted by Crippen LogP contribution is -2.63. The van der Waals surface area contributed by atoms with E-state index in [4.69, 9.17) is 4.74 Å². The highest BCUT2D eigenvalue weighted by Gasteiger charge is 2.51. The summed E-state index contributed by atoms with van der Waals surface area (Å²) >= 11 is 0. The number of halogens is 3. The average molecular weight is 411 g/mol. The largest absolute Gasteiger partial charge is 0.490 e. The van der Waals surface area contributed by atoms with Crippen molar-refractivity contribution in [3.63, 3.8) is 0 Å². The van der Waals surface area contributed by atoms with Crippen molar-refractivity contribution in [3.05, 3.63) is 29.3 Å². The van der Waals surface area contributed by atoms with Crippen molar-refractivity contribution < 1.29 is 27.8 Å². The van der Waals surface area contributed by atoms with E-state index in [-0.39, 0.29) is 23.3 Å². The summed E-state index contributed by atoms with van der Waals surface area (Å²) in [6.07, 6.45) is 0.384. The molecule has 4 rings (SSSR count). The zero-order valence-electron chi connectivity index (χ0n) is 16.9. The van der Waals surface area contributed by atoms with Crippen molar-refractivity contribution in [3.8, 4) is 5.75 Å². The summed E-state index contributed by atoms with van der Waals surface area (Å²) in [4.78, 5) is 14.4. The van der Waals surface area contributed by atoms with Crippen LogP contribution in [0.1, 0.15) is 56.6 Å². The van der Waals surface area contributed by atoms with Gasteiger partial charge in [0.05, 0.1) is 17.3 Å². The molecule has 1 aliphatic heterocycles. The Morgan fingerprint density at radius 2 is 1.83 bits per heavy atom. The van der Waals surface area contributed by atoms with Gasteiger partial charge in [-0.25, -0.2) is 0 Å². The van der Waals surface area contributed by atoms with E-state index in [1.54, 1.807) is 13.8 Å². The Hall–Kier alpha value is -1.76. The summed E-state index contributed by atoms with van der Waals surface area (Å²) in [6.45, 7) is 4.96. The quantitative estimate of drug-likeness (QED) is 0.806. The number of alkyl halides is 3. The molecule has 4 nitrogen and oxygen atoms in total. The van der Waals surface area contributed by atoms with Crippen molar-refractivity contribution >= 4 is 5.91 Å². The predicted molar refractivity (Wildman–Crippen MR) is 101 cm³/mol. The summed E-state index contributed by atoms with van der Waals surface area (Å²) < 4.78 is 44.4. The minimum absolute atomic E-state index is 0.00235. The molecule has 1 aromatic carbocycles. The van der Waals surface area contributed by atoms with Crippen molar-refractivity contribution in [2.45, 2.75) is 70.3 Å². The van der Waals surface area contributed by atoms with Crippen LogP contribution in [0.15, 0.2) is 18.2 Å². The van der Waals surface area contributed by atoms with Gasteiger partial charge in [-0.1, -0.05) is 0 Å². The third-order valence-electron chi connectivity index (χ3n) is 6.87. The molecule has 0 bridgehead atoms. The molecular formula is C22H28F3NO3. The highest BCUT2D eigenvalue weighted by atomic mass is 19.4. The van der Waals surface area contributed by atoms with Crippen molar-refractivity contribution in [2.75, 3.05) is 13.1 Å². The molecule has 29 heavy (non-hydrogen) atoms. The normalized spacial score (nSPS) is 29.3. The first-order valence-electron chi connectivity index (χ1n) is 10.3. The second-order valence-electron chi connectivity index (χ2n) is 9.59. The summed E-state index contributed by atoms with van der Waals surface area (Å²) in [5, 5.41) is 9.83. The van der Waals surface area contributed by atoms with Gasteiger partial charge in [-0.3, -0.25) is 4.79 Å². The summed E-state index contributed by atoms with van der Waals surface area (Å²) in [6, 6.07) is 3.62. The maximum atomic E-state index is 12.8. The van der Waals surface area contributed by atoms with Gasteiger partial charge in [0.25, 0.3) is 0 Å². The van der Waals surface area contributed by atoms with E-state index in [1.165, 1.54) is 6.07 Å². The number of carbonyl (C=O) groups excluding carboxylic acids is 1. The Balaban J connectivity index is 1.26. The van der Waals surface area contributed by atoms with E-state index in [0.717, 1.165) is 50.9 Å². The van der Waals surface area contributed by atoms with Crippen LogP contribution in [0.5, 0.6) is 5.75 Å². The fraction of sp³-hybridized carbons (Fsp3) is 0.682. The summed E-state index contributed by atoms with van der Waals surface area (Å²) in [7, 11) is 0. The number of likely N-dealkylation sites (tertiary alicyclic amines) is 1. The van der Waals surface area contributed by atoms with Gasteiger partial charge < -0.3 is 14.7 Å². The molecule has 0 atom stereocenters. The molecule has 3 aliphatic rings. The Kier molecular flexibility index (Phi) is 4.88. The van der Waals surface area contributed by atoms with Gasteiger partial charge in [0.15, 0.2) is 0 Å². The Morgan fingerprint density at radius 1 is 1.21 bits per heavy atom. The number of rotatable bonds is 3. The molecule has 2 saturated carbocycles. The number of benzene rings is 1. The number of aliphatic hydroxyl groups is 1. The molecule has 1 aromatic rings. The highest BCUT2D eigenvalue weighted by Crippen LogP contribution is 2.47. The topological polar surface area (TPSA) is 49.8 Å². The van der Waals surface area contributed by atoms with Gasteiger partial charge in [0, 0.05) is 24.4 Å². The smallest absolute Gasteiger partial charge is 0.416 e. The molecule has 160 valence electrons. The SMILES string of the molecule is Cc1cc(C(F)(F)F)ccc1OC1CCC2(CC1)CN(C(=O)C1CC(C)(O)C1)C2. The molecule has 1 saturated heterocycles. The van der Waals surface area contributed by atoms with Crippen LogP contribution in [-0.2, 0) is 11.0 Å². The van der Waals surface area contributed by atoms with Gasteiger partial charge in [0.1, 0.15) is 5.75 Å². The van der Waals surface area contributed by atoms with Crippen LogP contribution in [0, 0.1) is 18.3 Å². The number of aryl methyl sites for hydroxylation is 1. The lowest BCUT2D eigenvalue weighted by Gasteiger charge is -2.55. The Morgan fingerprint density at radius 3 is 2.34 bits per heavy atom. The molecule has 1 spiro atoms. The molecule has 1 N–H and O–H groups in total. The standard InChI is InChI=1S/C22H28F3NO3/c1-14-9-16(22(23,24)25)3-4-18(14)29-17-5-7-21(8-6-17)12-26(13-21)19(27)15-10-20(2,28)11-15/h3-4,9,15,17,28H,5-8,10-13H2,1-2H3. The summed E-state index contributed by atoms with van der Waals surface area (Å²) in [5.74, 6) is 0.645. The van der Waals surface area contributed by atoms with Gasteiger partial charge >= 0.3 is 6.18 Å². The molecule has 1 heterocycles. The third kappa shape index (κ3) is 4.11. The summed E-state index contributed by atoms with van der Waals surface area (Å²) in [5.41, 5.74) is -0.680. The van der Waals surface area contributed by atoms with Gasteiger partial charge in [-0.2, -0.15) is 13.2 Å². The number of hydrogen-bond donors (Lipinski definition) is 1. The lowest BCUT2D eigenvalue weighted by molar-refractivity contribution is -0.164. The molecule has 2 aliphatic carbocycles. The number of amides is 1. The van der Waals surface area contributed by atoms with Gasteiger partial charge in [-0.05, 0) is 76.1 Å². The molecule has 3 fully saturated rings. The van der Waals surface area contributed by atoms with Crippen molar-refractivity contribution in [1.29, 1.82) is 0 Å². The van der Waals surface area contributed by atoms with Crippen LogP contribution in [0.25, 0.3) is 0 Å². The van der Waals surface area contributed by atoms with E-state index in [2.05, 4.69) is 0 Å². The third-order valence-corrected chi connectivity index (χ3v) is 6.87. The Bertz CT molecular complexity index is 781. The second kappa shape index (κ2) is 6.89. The number of nitrogens with zero attached hydrogens (tertiary/aromatic N) is 1. The second-order valence-corrected chi connectivity index (χ2v) is 9.59. The monoisotopic (exact) mass is 411 g/mol. The number of carbonyl (C=O) groups is 1. The predicted octanol–water partition coefficient (Wildman–Crippen LogP) is 4.32. The van der Waals surface area contributed by atoms with Gasteiger partial charge in [-0.15, -0.1) is 0 Å². The van der Waals surface area contributed by atoms with E-state index in [9.17, 15) is 23.1 Å². The highest BCUT2D eigenvalue weighted by molar-refractivity contribution is 5.81. The van der Waals surface area contributed by atoms with Crippen molar-refractivity contribution in [2.24, 2.45) is 11.3 Å². The van der Waals surface area contributed by atoms with E-state index in [0.29, 0.717) is 24.2 Å². The molecular weight excluding hydrogens is 383 g/mol. The maximum Gasteiger partial charge on any atom is 0.416 e. The fourth-order valence-corrected chi connectivity index (χ4v) is 5.13. The molecule has 0 aromatic heterocycles. The van der Waals surface area contributed by atoms with E-state index < -0.39 is 17.3 Å². The molecule has 1 amide bonds. The van der Waals surface area contributed by atoms with Crippen LogP contribution >= 0.6 is 0 Å². The number of ether oxygens (including phenoxy) is 1. The van der Waals surface area contributed by atoms with E-state index >= 15 is 0 Å². The molecule has 0 radical (unpaired) electrons. The zero-order chi connectivity index (χ0) is 21.0. The first-order chi connectivity index (χ1) is 13.5. The average Bonchev–Trinajstić information content (AvgIpc) is 2.58. The molecule has 0 unspecified atom stereocenters. The minimum atomic E-state index is -4.34. The lowest BCUT2D eigenvalue weighted by atomic mass is 9.66. The van der Waals surface area contributed by atoms with Crippen LogP contribution in [0.2, 0.25) is 0 Å². The number of hydrogen-bond acceptors (Lipinski definition) is 3. The van der Waals surface area contributed by atoms with E-state index in [1.807, 2.05) is 4.90 Å². The Labute approximate surface area is 169 Å².